The average Bonchev–Trinajstić information content (AvgIpc) is 2.78. The molecule has 1 aliphatic rings. The van der Waals surface area contributed by atoms with Crippen LogP contribution in [0.5, 0.6) is 0 Å². The Morgan fingerprint density at radius 3 is 2.06 bits per heavy atom. The van der Waals surface area contributed by atoms with Gasteiger partial charge in [-0.3, -0.25) is 0 Å². The predicted octanol–water partition coefficient (Wildman–Crippen LogP) is 4.11. The van der Waals surface area contributed by atoms with Gasteiger partial charge in [0.1, 0.15) is 0 Å². The number of anilines is 1. The highest BCUT2D eigenvalue weighted by atomic mass is 32.2. The third kappa shape index (κ3) is 4.42. The highest BCUT2D eigenvalue weighted by Gasteiger charge is 2.39. The second kappa shape index (κ2) is 8.67. The minimum Gasteiger partial charge on any atom is -0.352 e. The van der Waals surface area contributed by atoms with Crippen molar-refractivity contribution in [2.45, 2.75) is 30.8 Å². The van der Waals surface area contributed by atoms with E-state index in [1.165, 1.54) is 15.3 Å². The second-order valence-corrected chi connectivity index (χ2v) is 9.61. The van der Waals surface area contributed by atoms with Gasteiger partial charge in [0.05, 0.1) is 15.9 Å². The first-order chi connectivity index (χ1) is 15.2. The Hall–Kier alpha value is -2.72. The zero-order valence-corrected chi connectivity index (χ0v) is 18.3. The maximum atomic E-state index is 13.7. The molecule has 0 bridgehead atoms. The van der Waals surface area contributed by atoms with Crippen molar-refractivity contribution in [3.05, 3.63) is 59.8 Å². The quantitative estimate of drug-likeness (QED) is 0.569. The molecule has 2 heterocycles. The molecule has 170 valence electrons. The minimum atomic E-state index is -4.67. The number of hydrogen-bond acceptors (Lipinski definition) is 5. The van der Waals surface area contributed by atoms with Gasteiger partial charge < -0.3 is 4.90 Å². The van der Waals surface area contributed by atoms with Crippen molar-refractivity contribution in [1.82, 2.24) is 14.3 Å². The van der Waals surface area contributed by atoms with Gasteiger partial charge in [-0.25, -0.2) is 18.4 Å². The van der Waals surface area contributed by atoms with Crippen molar-refractivity contribution in [3.8, 4) is 0 Å². The van der Waals surface area contributed by atoms with Gasteiger partial charge in [0.15, 0.2) is 11.5 Å². The SMILES string of the molecule is CCCc1ccc(S(=O)(=O)N2CCN(c3nc4ccccc4nc3C(F)(F)F)CC2)cc1. The Morgan fingerprint density at radius 2 is 1.50 bits per heavy atom. The van der Waals surface area contributed by atoms with Crippen molar-refractivity contribution in [3.63, 3.8) is 0 Å². The molecule has 10 heteroatoms. The summed E-state index contributed by atoms with van der Waals surface area (Å²) >= 11 is 0. The number of benzene rings is 2. The molecule has 2 aromatic carbocycles. The first kappa shape index (κ1) is 22.5. The van der Waals surface area contributed by atoms with E-state index in [-0.39, 0.29) is 42.4 Å². The van der Waals surface area contributed by atoms with Gasteiger partial charge in [-0.1, -0.05) is 37.6 Å². The second-order valence-electron chi connectivity index (χ2n) is 7.67. The Morgan fingerprint density at radius 1 is 0.906 bits per heavy atom. The molecule has 1 saturated heterocycles. The summed E-state index contributed by atoms with van der Waals surface area (Å²) in [5.41, 5.74) is 0.527. The van der Waals surface area contributed by atoms with Crippen LogP contribution in [0.15, 0.2) is 53.4 Å². The van der Waals surface area contributed by atoms with Crippen molar-refractivity contribution in [2.75, 3.05) is 31.1 Å². The van der Waals surface area contributed by atoms with E-state index in [4.69, 9.17) is 0 Å². The zero-order valence-electron chi connectivity index (χ0n) is 17.5. The number of nitrogens with zero attached hydrogens (tertiary/aromatic N) is 4. The van der Waals surface area contributed by atoms with E-state index in [0.717, 1.165) is 18.4 Å². The average molecular weight is 465 g/mol. The van der Waals surface area contributed by atoms with Crippen molar-refractivity contribution < 1.29 is 21.6 Å². The van der Waals surface area contributed by atoms with Gasteiger partial charge >= 0.3 is 6.18 Å². The third-order valence-corrected chi connectivity index (χ3v) is 7.37. The zero-order chi connectivity index (χ0) is 22.9. The van der Waals surface area contributed by atoms with Crippen LogP contribution in [0.3, 0.4) is 0 Å². The summed E-state index contributed by atoms with van der Waals surface area (Å²) in [4.78, 5) is 9.66. The van der Waals surface area contributed by atoms with Gasteiger partial charge in [-0.15, -0.1) is 0 Å². The van der Waals surface area contributed by atoms with Crippen molar-refractivity contribution in [1.29, 1.82) is 0 Å². The number of piperazine rings is 1. The molecule has 0 aliphatic carbocycles. The van der Waals surface area contributed by atoms with Crippen LogP contribution in [-0.4, -0.2) is 48.9 Å². The van der Waals surface area contributed by atoms with Crippen LogP contribution < -0.4 is 4.90 Å². The molecular weight excluding hydrogens is 441 g/mol. The van der Waals surface area contributed by atoms with E-state index in [1.807, 2.05) is 6.92 Å². The number of aryl methyl sites for hydroxylation is 1. The standard InChI is InChI=1S/C22H23F3N4O2S/c1-2-5-16-8-10-17(11-9-16)32(30,31)29-14-12-28(13-15-29)21-20(22(23,24)25)26-18-6-3-4-7-19(18)27-21/h3-4,6-11H,2,5,12-15H2,1H3. The monoisotopic (exact) mass is 464 g/mol. The fraction of sp³-hybridized carbons (Fsp3) is 0.364. The van der Waals surface area contributed by atoms with Gasteiger partial charge in [-0.2, -0.15) is 17.5 Å². The maximum absolute atomic E-state index is 13.7. The van der Waals surface area contributed by atoms with Crippen LogP contribution in [0, 0.1) is 0 Å². The van der Waals surface area contributed by atoms with E-state index in [1.54, 1.807) is 42.5 Å². The van der Waals surface area contributed by atoms with Crippen LogP contribution in [0.1, 0.15) is 24.6 Å². The number of rotatable bonds is 5. The summed E-state index contributed by atoms with van der Waals surface area (Å²) in [7, 11) is -3.72. The molecular formula is C22H23F3N4O2S. The smallest absolute Gasteiger partial charge is 0.352 e. The Bertz CT molecular complexity index is 1210. The van der Waals surface area contributed by atoms with E-state index in [2.05, 4.69) is 9.97 Å². The lowest BCUT2D eigenvalue weighted by Crippen LogP contribution is -2.49. The number of sulfonamides is 1. The van der Waals surface area contributed by atoms with Gasteiger partial charge in [0.2, 0.25) is 10.0 Å². The molecule has 0 atom stereocenters. The highest BCUT2D eigenvalue weighted by Crippen LogP contribution is 2.36. The van der Waals surface area contributed by atoms with E-state index in [0.29, 0.717) is 5.52 Å². The first-order valence-corrected chi connectivity index (χ1v) is 11.8. The first-order valence-electron chi connectivity index (χ1n) is 10.4. The Balaban J connectivity index is 1.56. The Kier molecular flexibility index (Phi) is 6.09. The van der Waals surface area contributed by atoms with Crippen LogP contribution >= 0.6 is 0 Å². The fourth-order valence-electron chi connectivity index (χ4n) is 3.81. The number of hydrogen-bond donors (Lipinski definition) is 0. The van der Waals surface area contributed by atoms with Gasteiger partial charge in [0, 0.05) is 26.2 Å². The molecule has 0 amide bonds. The summed E-state index contributed by atoms with van der Waals surface area (Å²) in [6, 6.07) is 13.2. The lowest BCUT2D eigenvalue weighted by atomic mass is 10.1. The molecule has 0 N–H and O–H groups in total. The molecule has 6 nitrogen and oxygen atoms in total. The van der Waals surface area contributed by atoms with Crippen molar-refractivity contribution in [2.24, 2.45) is 0 Å². The highest BCUT2D eigenvalue weighted by molar-refractivity contribution is 7.89. The molecule has 1 aromatic heterocycles. The molecule has 3 aromatic rings. The normalized spacial score (nSPS) is 15.9. The van der Waals surface area contributed by atoms with Crippen LogP contribution in [0.25, 0.3) is 11.0 Å². The summed E-state index contributed by atoms with van der Waals surface area (Å²) in [6.45, 7) is 2.34. The third-order valence-electron chi connectivity index (χ3n) is 5.46. The number of fused-ring (bicyclic) bond motifs is 1. The number of para-hydroxylation sites is 2. The van der Waals surface area contributed by atoms with E-state index >= 15 is 0 Å². The summed E-state index contributed by atoms with van der Waals surface area (Å²) in [5, 5.41) is 0. The van der Waals surface area contributed by atoms with Gasteiger partial charge in [-0.05, 0) is 36.2 Å². The topological polar surface area (TPSA) is 66.4 Å². The van der Waals surface area contributed by atoms with Crippen LogP contribution in [0.2, 0.25) is 0 Å². The van der Waals surface area contributed by atoms with Crippen molar-refractivity contribution >= 4 is 26.9 Å². The number of aromatic nitrogens is 2. The van der Waals surface area contributed by atoms with Crippen LogP contribution in [0.4, 0.5) is 19.0 Å². The predicted molar refractivity (Wildman–Crippen MR) is 116 cm³/mol. The molecule has 0 radical (unpaired) electrons. The van der Waals surface area contributed by atoms with E-state index in [9.17, 15) is 21.6 Å². The molecule has 1 fully saturated rings. The molecule has 1 aliphatic heterocycles. The summed E-state index contributed by atoms with van der Waals surface area (Å²) in [5.74, 6) is -0.267. The summed E-state index contributed by atoms with van der Waals surface area (Å²) in [6.07, 6.45) is -2.84. The molecule has 32 heavy (non-hydrogen) atoms. The lowest BCUT2D eigenvalue weighted by molar-refractivity contribution is -0.140. The maximum Gasteiger partial charge on any atom is 0.437 e. The van der Waals surface area contributed by atoms with Crippen LogP contribution in [-0.2, 0) is 22.6 Å². The summed E-state index contributed by atoms with van der Waals surface area (Å²) < 4.78 is 68.3. The number of halogens is 3. The molecule has 0 saturated carbocycles. The molecule has 4 rings (SSSR count). The molecule has 0 spiro atoms. The lowest BCUT2D eigenvalue weighted by Gasteiger charge is -2.35. The fourth-order valence-corrected chi connectivity index (χ4v) is 5.23. The largest absolute Gasteiger partial charge is 0.437 e. The minimum absolute atomic E-state index is 0.0604. The Labute approximate surface area is 184 Å². The van der Waals surface area contributed by atoms with E-state index < -0.39 is 21.9 Å². The number of alkyl halides is 3. The molecule has 0 unspecified atom stereocenters. The van der Waals surface area contributed by atoms with Gasteiger partial charge in [0.25, 0.3) is 0 Å².